The Hall–Kier alpha value is -1.02. The minimum atomic E-state index is 0.691. The van der Waals surface area contributed by atoms with E-state index in [1.807, 2.05) is 0 Å². The molecule has 2 nitrogen and oxygen atoms in total. The Bertz CT molecular complexity index is 360. The van der Waals surface area contributed by atoms with Gasteiger partial charge in [0, 0.05) is 6.04 Å². The average molecular weight is 217 g/mol. The molecule has 1 aromatic rings. The van der Waals surface area contributed by atoms with Crippen LogP contribution in [0.15, 0.2) is 24.3 Å². The van der Waals surface area contributed by atoms with E-state index >= 15 is 0 Å². The third-order valence-corrected chi connectivity index (χ3v) is 3.59. The molecule has 0 saturated heterocycles. The first-order valence-electron chi connectivity index (χ1n) is 6.38. The van der Waals surface area contributed by atoms with Crippen molar-refractivity contribution in [3.8, 4) is 5.75 Å². The zero-order valence-electron chi connectivity index (χ0n) is 9.61. The lowest BCUT2D eigenvalue weighted by Gasteiger charge is -2.25. The number of para-hydroxylation sites is 1. The molecule has 2 aliphatic rings. The Morgan fingerprint density at radius 2 is 2.06 bits per heavy atom. The summed E-state index contributed by atoms with van der Waals surface area (Å²) in [7, 11) is 0. The highest BCUT2D eigenvalue weighted by Gasteiger charge is 2.23. The molecule has 0 radical (unpaired) electrons. The van der Waals surface area contributed by atoms with E-state index in [2.05, 4.69) is 29.6 Å². The van der Waals surface area contributed by atoms with E-state index in [1.54, 1.807) is 0 Å². The van der Waals surface area contributed by atoms with Crippen LogP contribution in [0, 0.1) is 0 Å². The molecule has 1 heterocycles. The Balaban J connectivity index is 1.62. The SMILES string of the molecule is c1ccc2c(c1)OCCC2CCNC1CC1. The van der Waals surface area contributed by atoms with Crippen molar-refractivity contribution in [2.24, 2.45) is 0 Å². The smallest absolute Gasteiger partial charge is 0.122 e. The molecule has 2 heteroatoms. The van der Waals surface area contributed by atoms with Crippen LogP contribution in [0.25, 0.3) is 0 Å². The number of ether oxygens (including phenoxy) is 1. The normalized spacial score (nSPS) is 23.6. The Kier molecular flexibility index (Phi) is 2.83. The summed E-state index contributed by atoms with van der Waals surface area (Å²) in [6.45, 7) is 2.04. The van der Waals surface area contributed by atoms with Crippen molar-refractivity contribution in [1.29, 1.82) is 0 Å². The molecule has 3 rings (SSSR count). The van der Waals surface area contributed by atoms with Crippen molar-refractivity contribution in [2.75, 3.05) is 13.2 Å². The zero-order chi connectivity index (χ0) is 10.8. The maximum absolute atomic E-state index is 5.67. The van der Waals surface area contributed by atoms with E-state index in [0.717, 1.165) is 24.9 Å². The van der Waals surface area contributed by atoms with Crippen molar-refractivity contribution < 1.29 is 4.74 Å². The lowest BCUT2D eigenvalue weighted by molar-refractivity contribution is 0.262. The molecule has 1 atom stereocenters. The molecule has 1 saturated carbocycles. The van der Waals surface area contributed by atoms with E-state index in [9.17, 15) is 0 Å². The lowest BCUT2D eigenvalue weighted by atomic mass is 9.90. The molecule has 1 unspecified atom stereocenters. The summed E-state index contributed by atoms with van der Waals surface area (Å²) in [4.78, 5) is 0. The zero-order valence-corrected chi connectivity index (χ0v) is 9.61. The molecule has 16 heavy (non-hydrogen) atoms. The van der Waals surface area contributed by atoms with Gasteiger partial charge in [-0.25, -0.2) is 0 Å². The highest BCUT2D eigenvalue weighted by atomic mass is 16.5. The Morgan fingerprint density at radius 1 is 1.19 bits per heavy atom. The topological polar surface area (TPSA) is 21.3 Å². The van der Waals surface area contributed by atoms with Crippen LogP contribution in [0.5, 0.6) is 5.75 Å². The molecule has 1 aromatic carbocycles. The van der Waals surface area contributed by atoms with Crippen LogP contribution in [0.3, 0.4) is 0 Å². The van der Waals surface area contributed by atoms with Gasteiger partial charge in [-0.05, 0) is 49.8 Å². The summed E-state index contributed by atoms with van der Waals surface area (Å²) in [6, 6.07) is 9.32. The standard InChI is InChI=1S/C14H19NO/c1-2-4-14-13(3-1)11(8-10-16-14)7-9-15-12-5-6-12/h1-4,11-12,15H,5-10H2. The van der Waals surface area contributed by atoms with Gasteiger partial charge in [0.1, 0.15) is 5.75 Å². The maximum Gasteiger partial charge on any atom is 0.122 e. The van der Waals surface area contributed by atoms with Gasteiger partial charge in [-0.3, -0.25) is 0 Å². The van der Waals surface area contributed by atoms with Gasteiger partial charge < -0.3 is 10.1 Å². The first-order valence-corrected chi connectivity index (χ1v) is 6.38. The van der Waals surface area contributed by atoms with Gasteiger partial charge in [-0.1, -0.05) is 18.2 Å². The number of hydrogen-bond donors (Lipinski definition) is 1. The van der Waals surface area contributed by atoms with E-state index in [-0.39, 0.29) is 0 Å². The molecule has 1 N–H and O–H groups in total. The lowest BCUT2D eigenvalue weighted by Crippen LogP contribution is -2.22. The number of hydrogen-bond acceptors (Lipinski definition) is 2. The molecule has 86 valence electrons. The third-order valence-electron chi connectivity index (χ3n) is 3.59. The molecule has 1 aliphatic carbocycles. The molecule has 0 spiro atoms. The molecule has 1 fully saturated rings. The predicted octanol–water partition coefficient (Wildman–Crippen LogP) is 2.69. The second-order valence-electron chi connectivity index (χ2n) is 4.89. The van der Waals surface area contributed by atoms with Gasteiger partial charge in [0.2, 0.25) is 0 Å². The highest BCUT2D eigenvalue weighted by molar-refractivity contribution is 5.37. The minimum absolute atomic E-state index is 0.691. The van der Waals surface area contributed by atoms with Crippen LogP contribution in [-0.4, -0.2) is 19.2 Å². The summed E-state index contributed by atoms with van der Waals surface area (Å²) < 4.78 is 5.67. The summed E-state index contributed by atoms with van der Waals surface area (Å²) in [5.41, 5.74) is 1.41. The van der Waals surface area contributed by atoms with Crippen LogP contribution >= 0.6 is 0 Å². The summed E-state index contributed by atoms with van der Waals surface area (Å²) in [5.74, 6) is 1.79. The maximum atomic E-state index is 5.67. The van der Waals surface area contributed by atoms with Gasteiger partial charge in [-0.2, -0.15) is 0 Å². The van der Waals surface area contributed by atoms with Crippen molar-refractivity contribution >= 4 is 0 Å². The van der Waals surface area contributed by atoms with Gasteiger partial charge in [0.05, 0.1) is 6.61 Å². The summed E-state index contributed by atoms with van der Waals surface area (Å²) in [6.07, 6.45) is 5.18. The van der Waals surface area contributed by atoms with Gasteiger partial charge >= 0.3 is 0 Å². The first-order chi connectivity index (χ1) is 7.93. The van der Waals surface area contributed by atoms with Gasteiger partial charge in [0.25, 0.3) is 0 Å². The van der Waals surface area contributed by atoms with Crippen molar-refractivity contribution in [3.05, 3.63) is 29.8 Å². The van der Waals surface area contributed by atoms with Crippen molar-refractivity contribution in [3.63, 3.8) is 0 Å². The number of nitrogens with one attached hydrogen (secondary N) is 1. The molecular formula is C14H19NO. The largest absolute Gasteiger partial charge is 0.493 e. The van der Waals surface area contributed by atoms with Gasteiger partial charge in [-0.15, -0.1) is 0 Å². The van der Waals surface area contributed by atoms with Crippen LogP contribution < -0.4 is 10.1 Å². The molecule has 0 bridgehead atoms. The predicted molar refractivity (Wildman–Crippen MR) is 64.9 cm³/mol. The molecular weight excluding hydrogens is 198 g/mol. The fraction of sp³-hybridized carbons (Fsp3) is 0.571. The second-order valence-corrected chi connectivity index (χ2v) is 4.89. The highest BCUT2D eigenvalue weighted by Crippen LogP contribution is 2.35. The minimum Gasteiger partial charge on any atom is -0.493 e. The molecule has 0 aromatic heterocycles. The van der Waals surface area contributed by atoms with Crippen LogP contribution in [0.4, 0.5) is 0 Å². The fourth-order valence-corrected chi connectivity index (χ4v) is 2.46. The number of rotatable bonds is 4. The second kappa shape index (κ2) is 4.46. The third kappa shape index (κ3) is 2.22. The van der Waals surface area contributed by atoms with E-state index in [1.165, 1.54) is 31.2 Å². The van der Waals surface area contributed by atoms with Crippen LogP contribution in [-0.2, 0) is 0 Å². The quantitative estimate of drug-likeness (QED) is 0.837. The van der Waals surface area contributed by atoms with E-state index in [0.29, 0.717) is 5.92 Å². The number of benzene rings is 1. The summed E-state index contributed by atoms with van der Waals surface area (Å²) in [5, 5.41) is 3.59. The van der Waals surface area contributed by atoms with Crippen LogP contribution in [0.1, 0.15) is 37.2 Å². The first kappa shape index (κ1) is 10.2. The monoisotopic (exact) mass is 217 g/mol. The Labute approximate surface area is 97.0 Å². The average Bonchev–Trinajstić information content (AvgIpc) is 3.13. The van der Waals surface area contributed by atoms with E-state index in [4.69, 9.17) is 4.74 Å². The van der Waals surface area contributed by atoms with Crippen molar-refractivity contribution in [1.82, 2.24) is 5.32 Å². The van der Waals surface area contributed by atoms with Crippen LogP contribution in [0.2, 0.25) is 0 Å². The summed E-state index contributed by atoms with van der Waals surface area (Å²) >= 11 is 0. The van der Waals surface area contributed by atoms with E-state index < -0.39 is 0 Å². The molecule has 0 amide bonds. The van der Waals surface area contributed by atoms with Gasteiger partial charge in [0.15, 0.2) is 0 Å². The number of fused-ring (bicyclic) bond motifs is 1. The Morgan fingerprint density at radius 3 is 2.94 bits per heavy atom. The van der Waals surface area contributed by atoms with Crippen molar-refractivity contribution in [2.45, 2.75) is 37.6 Å². The fourth-order valence-electron chi connectivity index (χ4n) is 2.46. The molecule has 1 aliphatic heterocycles.